The van der Waals surface area contributed by atoms with E-state index in [0.29, 0.717) is 10.4 Å². The number of aryl methyl sites for hydroxylation is 3. The second-order valence-electron chi connectivity index (χ2n) is 8.35. The van der Waals surface area contributed by atoms with Crippen LogP contribution in [0.3, 0.4) is 0 Å². The average molecular weight is 517 g/mol. The van der Waals surface area contributed by atoms with Crippen LogP contribution in [-0.4, -0.2) is 67.0 Å². The molecule has 1 aliphatic heterocycles. The number of aromatic nitrogens is 1. The zero-order chi connectivity index (χ0) is 25.3. The van der Waals surface area contributed by atoms with E-state index >= 15 is 0 Å². The highest BCUT2D eigenvalue weighted by Crippen LogP contribution is 2.24. The average Bonchev–Trinajstić information content (AvgIpc) is 3.18. The highest BCUT2D eigenvalue weighted by atomic mass is 32.2. The number of hydrogen-bond acceptors (Lipinski definition) is 6. The lowest BCUT2D eigenvalue weighted by molar-refractivity contribution is 0.0933. The molecule has 2 heterocycles. The molecule has 4 rings (SSSR count). The normalized spacial score (nSPS) is 15.5. The molecule has 0 saturated carbocycles. The van der Waals surface area contributed by atoms with Gasteiger partial charge in [-0.15, -0.1) is 0 Å². The third-order valence-corrected chi connectivity index (χ3v) is 9.23. The van der Waals surface area contributed by atoms with Gasteiger partial charge in [-0.05, 0) is 56.2 Å². The van der Waals surface area contributed by atoms with Gasteiger partial charge >= 0.3 is 6.09 Å². The molecule has 35 heavy (non-hydrogen) atoms. The maximum atomic E-state index is 13.1. The first-order valence-electron chi connectivity index (χ1n) is 11.3. The summed E-state index contributed by atoms with van der Waals surface area (Å²) in [5.41, 5.74) is 3.58. The molecule has 1 saturated heterocycles. The van der Waals surface area contributed by atoms with Crippen molar-refractivity contribution in [1.29, 1.82) is 0 Å². The minimum Gasteiger partial charge on any atom is -0.450 e. The molecule has 1 aromatic heterocycles. The molecular weight excluding hydrogens is 488 g/mol. The summed E-state index contributed by atoms with van der Waals surface area (Å²) >= 11 is 1.46. The highest BCUT2D eigenvalue weighted by Gasteiger charge is 2.30. The first kappa shape index (κ1) is 25.1. The van der Waals surface area contributed by atoms with Crippen LogP contribution >= 0.6 is 11.3 Å². The van der Waals surface area contributed by atoms with Crippen LogP contribution in [-0.2, 0) is 21.8 Å². The lowest BCUT2D eigenvalue weighted by Gasteiger charge is -2.33. The van der Waals surface area contributed by atoms with Gasteiger partial charge in [0.15, 0.2) is 4.80 Å². The first-order chi connectivity index (χ1) is 16.6. The van der Waals surface area contributed by atoms with Crippen molar-refractivity contribution in [2.75, 3.05) is 32.8 Å². The van der Waals surface area contributed by atoms with Gasteiger partial charge in [-0.1, -0.05) is 23.5 Å². The van der Waals surface area contributed by atoms with Crippen molar-refractivity contribution < 1.29 is 22.7 Å². The van der Waals surface area contributed by atoms with Crippen LogP contribution in [0.4, 0.5) is 4.79 Å². The fourth-order valence-electron chi connectivity index (χ4n) is 4.07. The van der Waals surface area contributed by atoms with Crippen molar-refractivity contribution in [3.8, 4) is 0 Å². The number of thiazole rings is 1. The van der Waals surface area contributed by atoms with Crippen molar-refractivity contribution in [3.05, 3.63) is 57.9 Å². The van der Waals surface area contributed by atoms with E-state index in [0.717, 1.165) is 21.3 Å². The van der Waals surface area contributed by atoms with E-state index in [1.165, 1.54) is 44.8 Å². The largest absolute Gasteiger partial charge is 0.450 e. The van der Waals surface area contributed by atoms with Gasteiger partial charge in [0.1, 0.15) is 0 Å². The van der Waals surface area contributed by atoms with E-state index in [-0.39, 0.29) is 37.7 Å². The highest BCUT2D eigenvalue weighted by molar-refractivity contribution is 7.89. The van der Waals surface area contributed by atoms with Gasteiger partial charge in [-0.2, -0.15) is 9.30 Å². The molecular formula is C24H28N4O5S2. The molecule has 3 aromatic rings. The molecule has 2 aromatic carbocycles. The Balaban J connectivity index is 1.52. The SMILES string of the molecule is CCOC(=O)N1CCN(S(=O)(=O)c2ccc(C(=O)N=c3sc4c(C)ccc(C)c4n3C)cc2)CC1. The molecule has 1 fully saturated rings. The van der Waals surface area contributed by atoms with Gasteiger partial charge < -0.3 is 14.2 Å². The van der Waals surface area contributed by atoms with Gasteiger partial charge in [0, 0.05) is 38.8 Å². The third kappa shape index (κ3) is 4.89. The Morgan fingerprint density at radius 1 is 1.00 bits per heavy atom. The standard InChI is InChI=1S/C24H28N4O5S2/c1-5-33-24(30)27-12-14-28(15-13-27)35(31,32)19-10-8-18(9-11-19)22(29)25-23-26(4)20-16(2)6-7-17(3)21(20)34-23/h6-11H,5,12-15H2,1-4H3. The Bertz CT molecular complexity index is 1450. The van der Waals surface area contributed by atoms with E-state index in [9.17, 15) is 18.0 Å². The van der Waals surface area contributed by atoms with Gasteiger partial charge in [0.05, 0.1) is 21.7 Å². The number of carbonyl (C=O) groups is 2. The van der Waals surface area contributed by atoms with Crippen LogP contribution in [0.25, 0.3) is 10.2 Å². The molecule has 11 heteroatoms. The number of rotatable bonds is 4. The summed E-state index contributed by atoms with van der Waals surface area (Å²) in [5.74, 6) is -0.436. The summed E-state index contributed by atoms with van der Waals surface area (Å²) in [6.07, 6.45) is -0.437. The fraction of sp³-hybridized carbons (Fsp3) is 0.375. The minimum atomic E-state index is -3.75. The van der Waals surface area contributed by atoms with Crippen LogP contribution in [0.5, 0.6) is 0 Å². The number of carbonyl (C=O) groups excluding carboxylic acids is 2. The monoisotopic (exact) mass is 516 g/mol. The second-order valence-corrected chi connectivity index (χ2v) is 11.3. The second kappa shape index (κ2) is 9.92. The number of nitrogens with zero attached hydrogens (tertiary/aromatic N) is 4. The van der Waals surface area contributed by atoms with Crippen LogP contribution < -0.4 is 4.80 Å². The molecule has 0 atom stereocenters. The summed E-state index contributed by atoms with van der Waals surface area (Å²) in [4.78, 5) is 31.2. The number of ether oxygens (including phenoxy) is 1. The molecule has 0 spiro atoms. The zero-order valence-corrected chi connectivity index (χ0v) is 21.8. The minimum absolute atomic E-state index is 0.0947. The van der Waals surface area contributed by atoms with Crippen molar-refractivity contribution in [2.24, 2.45) is 12.0 Å². The number of amides is 2. The Morgan fingerprint density at radius 2 is 1.63 bits per heavy atom. The van der Waals surface area contributed by atoms with Crippen LogP contribution in [0.2, 0.25) is 0 Å². The Kier molecular flexibility index (Phi) is 7.11. The zero-order valence-electron chi connectivity index (χ0n) is 20.1. The smallest absolute Gasteiger partial charge is 0.409 e. The van der Waals surface area contributed by atoms with Crippen molar-refractivity contribution in [2.45, 2.75) is 25.7 Å². The summed E-state index contributed by atoms with van der Waals surface area (Å²) in [7, 11) is -1.86. The quantitative estimate of drug-likeness (QED) is 0.531. The molecule has 0 N–H and O–H groups in total. The topological polar surface area (TPSA) is 101 Å². The number of hydrogen-bond donors (Lipinski definition) is 0. The van der Waals surface area contributed by atoms with Gasteiger partial charge in [-0.25, -0.2) is 13.2 Å². The van der Waals surface area contributed by atoms with E-state index < -0.39 is 22.0 Å². The number of benzene rings is 2. The predicted octanol–water partition coefficient (Wildman–Crippen LogP) is 3.06. The maximum absolute atomic E-state index is 13.1. The summed E-state index contributed by atoms with van der Waals surface area (Å²) in [6, 6.07) is 9.92. The molecule has 0 aliphatic carbocycles. The Hall–Kier alpha value is -3.02. The van der Waals surface area contributed by atoms with Gasteiger partial charge in [0.2, 0.25) is 10.0 Å². The first-order valence-corrected chi connectivity index (χ1v) is 13.6. The third-order valence-electron chi connectivity index (χ3n) is 6.05. The van der Waals surface area contributed by atoms with Crippen molar-refractivity contribution >= 4 is 43.6 Å². The summed E-state index contributed by atoms with van der Waals surface area (Å²) in [5, 5.41) is 0. The Labute approximate surface area is 208 Å². The number of piperazine rings is 1. The summed E-state index contributed by atoms with van der Waals surface area (Å²) in [6.45, 7) is 6.93. The molecule has 0 radical (unpaired) electrons. The Morgan fingerprint density at radius 3 is 2.23 bits per heavy atom. The van der Waals surface area contributed by atoms with E-state index in [4.69, 9.17) is 4.74 Å². The number of fused-ring (bicyclic) bond motifs is 1. The van der Waals surface area contributed by atoms with E-state index in [1.54, 1.807) is 6.92 Å². The van der Waals surface area contributed by atoms with Gasteiger partial charge in [-0.3, -0.25) is 4.79 Å². The molecule has 1 aliphatic rings. The van der Waals surface area contributed by atoms with E-state index in [1.807, 2.05) is 31.5 Å². The van der Waals surface area contributed by atoms with Crippen LogP contribution in [0.15, 0.2) is 46.3 Å². The fourth-order valence-corrected chi connectivity index (χ4v) is 6.65. The maximum Gasteiger partial charge on any atom is 0.409 e. The molecule has 2 amide bonds. The molecule has 186 valence electrons. The van der Waals surface area contributed by atoms with Crippen LogP contribution in [0.1, 0.15) is 28.4 Å². The van der Waals surface area contributed by atoms with Gasteiger partial charge in [0.25, 0.3) is 5.91 Å². The predicted molar refractivity (Wildman–Crippen MR) is 134 cm³/mol. The van der Waals surface area contributed by atoms with Crippen LogP contribution in [0, 0.1) is 13.8 Å². The summed E-state index contributed by atoms with van der Waals surface area (Å²) < 4.78 is 35.4. The van der Waals surface area contributed by atoms with E-state index in [2.05, 4.69) is 11.1 Å². The number of sulfonamides is 1. The molecule has 0 bridgehead atoms. The van der Waals surface area contributed by atoms with Crippen molar-refractivity contribution in [1.82, 2.24) is 13.8 Å². The van der Waals surface area contributed by atoms with Crippen molar-refractivity contribution in [3.63, 3.8) is 0 Å². The lowest BCUT2D eigenvalue weighted by atomic mass is 10.1. The molecule has 0 unspecified atom stereocenters. The molecule has 9 nitrogen and oxygen atoms in total. The lowest BCUT2D eigenvalue weighted by Crippen LogP contribution is -2.50.